The van der Waals surface area contributed by atoms with Crippen LogP contribution < -0.4 is 32.0 Å². The highest BCUT2D eigenvalue weighted by molar-refractivity contribution is 5.84. The molecule has 0 fully saturated rings. The van der Waals surface area contributed by atoms with Crippen LogP contribution in [-0.2, 0) is 4.79 Å². The molecule has 0 saturated carbocycles. The molecule has 0 aliphatic rings. The summed E-state index contributed by atoms with van der Waals surface area (Å²) in [4.78, 5) is 11.7. The van der Waals surface area contributed by atoms with Crippen molar-refractivity contribution in [3.05, 3.63) is 17.7 Å². The van der Waals surface area contributed by atoms with Crippen LogP contribution in [0.25, 0.3) is 0 Å². The molecular weight excluding hydrogens is 322 g/mol. The summed E-state index contributed by atoms with van der Waals surface area (Å²) in [6, 6.07) is 3.49. The Morgan fingerprint density at radius 2 is 1.65 bits per heavy atom. The third kappa shape index (κ3) is 6.75. The van der Waals surface area contributed by atoms with Gasteiger partial charge in [-0.1, -0.05) is 0 Å². The Kier molecular flexibility index (Phi) is 8.42. The molecule has 23 heavy (non-hydrogen) atoms. The average Bonchev–Trinajstić information content (AvgIpc) is 2.44. The number of nitrogens with one attached hydrogen (secondary N) is 1. The Hall–Kier alpha value is -1.99. The van der Waals surface area contributed by atoms with Gasteiger partial charge in [0.25, 0.3) is 5.91 Å². The number of hydrogen-bond donors (Lipinski definition) is 1. The second kappa shape index (κ2) is 9.22. The molecule has 0 aliphatic carbocycles. The molecular formula is C15H24ClN3O4. The van der Waals surface area contributed by atoms with E-state index < -0.39 is 0 Å². The lowest BCUT2D eigenvalue weighted by atomic mass is 10.2. The first kappa shape index (κ1) is 21.0. The van der Waals surface area contributed by atoms with Gasteiger partial charge in [0.15, 0.2) is 18.0 Å². The lowest BCUT2D eigenvalue weighted by Gasteiger charge is -2.22. The van der Waals surface area contributed by atoms with Crippen LogP contribution in [0.1, 0.15) is 5.56 Å². The molecule has 1 N–H and O–H groups in total. The zero-order valence-corrected chi connectivity index (χ0v) is 15.1. The highest BCUT2D eigenvalue weighted by Gasteiger charge is 2.14. The zero-order valence-electron chi connectivity index (χ0n) is 14.3. The summed E-state index contributed by atoms with van der Waals surface area (Å²) < 4.78 is 16.3. The fourth-order valence-corrected chi connectivity index (χ4v) is 1.82. The first-order valence-corrected chi connectivity index (χ1v) is 6.73. The third-order valence-electron chi connectivity index (χ3n) is 2.71. The summed E-state index contributed by atoms with van der Waals surface area (Å²) in [5, 5.41) is 3.95. The molecule has 130 valence electrons. The minimum atomic E-state index is -0.156. The second-order valence-corrected chi connectivity index (χ2v) is 5.70. The number of halogens is 1. The van der Waals surface area contributed by atoms with Crippen molar-refractivity contribution in [2.75, 3.05) is 49.0 Å². The van der Waals surface area contributed by atoms with Gasteiger partial charge in [-0.25, -0.2) is 5.43 Å². The van der Waals surface area contributed by atoms with Crippen molar-refractivity contribution in [3.8, 4) is 17.2 Å². The second-order valence-electron chi connectivity index (χ2n) is 5.70. The largest absolute Gasteiger partial charge is 1.00 e. The van der Waals surface area contributed by atoms with E-state index in [-0.39, 0.29) is 18.3 Å². The number of carbonyl (C=O) groups is 1. The van der Waals surface area contributed by atoms with Crippen LogP contribution >= 0.6 is 0 Å². The number of rotatable bonds is 7. The number of ether oxygens (including phenoxy) is 3. The molecule has 0 spiro atoms. The fraction of sp³-hybridized carbons (Fsp3) is 0.467. The van der Waals surface area contributed by atoms with Crippen molar-refractivity contribution in [1.29, 1.82) is 0 Å². The lowest BCUT2D eigenvalue weighted by molar-refractivity contribution is -0.862. The van der Waals surface area contributed by atoms with Crippen LogP contribution in [0.4, 0.5) is 0 Å². The molecule has 0 radical (unpaired) electrons. The monoisotopic (exact) mass is 345 g/mol. The van der Waals surface area contributed by atoms with E-state index in [4.69, 9.17) is 14.2 Å². The van der Waals surface area contributed by atoms with E-state index in [1.165, 1.54) is 6.21 Å². The van der Waals surface area contributed by atoms with E-state index in [9.17, 15) is 4.79 Å². The normalized spacial score (nSPS) is 10.9. The SMILES string of the molecule is COc1cc(/C=N\NC(=O)C[N+](C)(C)C)cc(OC)c1OC.[Cl-]. The molecule has 0 atom stereocenters. The summed E-state index contributed by atoms with van der Waals surface area (Å²) in [7, 11) is 10.4. The minimum absolute atomic E-state index is 0. The summed E-state index contributed by atoms with van der Waals surface area (Å²) in [5.41, 5.74) is 3.22. The molecule has 0 unspecified atom stereocenters. The first-order valence-electron chi connectivity index (χ1n) is 6.73. The van der Waals surface area contributed by atoms with E-state index in [2.05, 4.69) is 10.5 Å². The maximum atomic E-state index is 11.7. The number of hydrazone groups is 1. The number of likely N-dealkylation sites (N-methyl/N-ethyl adjacent to an activating group) is 1. The molecule has 0 heterocycles. The van der Waals surface area contributed by atoms with Gasteiger partial charge in [-0.15, -0.1) is 0 Å². The number of quaternary nitrogens is 1. The van der Waals surface area contributed by atoms with Crippen molar-refractivity contribution in [2.24, 2.45) is 5.10 Å². The Balaban J connectivity index is 0.00000484. The van der Waals surface area contributed by atoms with Crippen molar-refractivity contribution in [2.45, 2.75) is 0 Å². The van der Waals surface area contributed by atoms with Crippen LogP contribution in [0.3, 0.4) is 0 Å². The molecule has 1 aromatic carbocycles. The highest BCUT2D eigenvalue weighted by atomic mass is 35.5. The Labute approximate surface area is 143 Å². The van der Waals surface area contributed by atoms with Gasteiger partial charge in [-0.2, -0.15) is 5.10 Å². The van der Waals surface area contributed by atoms with E-state index in [0.717, 1.165) is 5.56 Å². The molecule has 1 amide bonds. The molecule has 8 heteroatoms. The fourth-order valence-electron chi connectivity index (χ4n) is 1.82. The van der Waals surface area contributed by atoms with Gasteiger partial charge in [-0.3, -0.25) is 4.79 Å². The first-order chi connectivity index (χ1) is 10.3. The van der Waals surface area contributed by atoms with Crippen molar-refractivity contribution < 1.29 is 35.9 Å². The van der Waals surface area contributed by atoms with Crippen molar-refractivity contribution in [3.63, 3.8) is 0 Å². The molecule has 1 rings (SSSR count). The molecule has 7 nitrogen and oxygen atoms in total. The number of amides is 1. The standard InChI is InChI=1S/C15H23N3O4.ClH/c1-18(2,3)10-14(19)17-16-9-11-7-12(20-4)15(22-6)13(8-11)21-5;/h7-9H,10H2,1-6H3;1H/b16-9-;. The smallest absolute Gasteiger partial charge is 0.295 e. The predicted molar refractivity (Wildman–Crippen MR) is 84.7 cm³/mol. The molecule has 0 bridgehead atoms. The number of benzene rings is 1. The number of hydrogen-bond acceptors (Lipinski definition) is 5. The zero-order chi connectivity index (χ0) is 16.8. The maximum absolute atomic E-state index is 11.7. The van der Waals surface area contributed by atoms with Crippen LogP contribution in [0.15, 0.2) is 17.2 Å². The van der Waals surface area contributed by atoms with Gasteiger partial charge in [0.05, 0.1) is 48.7 Å². The number of nitrogens with zero attached hydrogens (tertiary/aromatic N) is 2. The van der Waals surface area contributed by atoms with E-state index in [1.807, 2.05) is 21.1 Å². The predicted octanol–water partition coefficient (Wildman–Crippen LogP) is -2.13. The van der Waals surface area contributed by atoms with Crippen LogP contribution in [-0.4, -0.2) is 65.6 Å². The van der Waals surface area contributed by atoms with Gasteiger partial charge in [-0.05, 0) is 12.1 Å². The number of carbonyl (C=O) groups excluding carboxylic acids is 1. The van der Waals surface area contributed by atoms with E-state index >= 15 is 0 Å². The van der Waals surface area contributed by atoms with Crippen LogP contribution in [0.5, 0.6) is 17.2 Å². The van der Waals surface area contributed by atoms with E-state index in [1.54, 1.807) is 33.5 Å². The summed E-state index contributed by atoms with van der Waals surface area (Å²) in [6.45, 7) is 0.340. The molecule has 0 saturated heterocycles. The van der Waals surface area contributed by atoms with Gasteiger partial charge in [0.1, 0.15) is 0 Å². The quantitative estimate of drug-likeness (QED) is 0.348. The van der Waals surface area contributed by atoms with Gasteiger partial charge in [0.2, 0.25) is 5.75 Å². The Bertz CT molecular complexity index is 531. The Morgan fingerprint density at radius 1 is 1.13 bits per heavy atom. The van der Waals surface area contributed by atoms with Crippen molar-refractivity contribution >= 4 is 12.1 Å². The van der Waals surface area contributed by atoms with Crippen molar-refractivity contribution in [1.82, 2.24) is 5.43 Å². The molecule has 1 aromatic rings. The van der Waals surface area contributed by atoms with Gasteiger partial charge < -0.3 is 31.1 Å². The summed E-state index contributed by atoms with van der Waals surface area (Å²) in [5.74, 6) is 1.41. The highest BCUT2D eigenvalue weighted by Crippen LogP contribution is 2.37. The lowest BCUT2D eigenvalue weighted by Crippen LogP contribution is -3.00. The summed E-state index contributed by atoms with van der Waals surface area (Å²) in [6.07, 6.45) is 1.53. The average molecular weight is 346 g/mol. The van der Waals surface area contributed by atoms with Gasteiger partial charge in [0, 0.05) is 5.56 Å². The van der Waals surface area contributed by atoms with Crippen LogP contribution in [0, 0.1) is 0 Å². The van der Waals surface area contributed by atoms with E-state index in [0.29, 0.717) is 28.3 Å². The Morgan fingerprint density at radius 3 is 2.04 bits per heavy atom. The molecule has 0 aliphatic heterocycles. The maximum Gasteiger partial charge on any atom is 0.295 e. The minimum Gasteiger partial charge on any atom is -1.00 e. The van der Waals surface area contributed by atoms with Crippen LogP contribution in [0.2, 0.25) is 0 Å². The topological polar surface area (TPSA) is 69.2 Å². The number of methoxy groups -OCH3 is 3. The molecule has 0 aromatic heterocycles. The third-order valence-corrected chi connectivity index (χ3v) is 2.71. The van der Waals surface area contributed by atoms with Gasteiger partial charge >= 0.3 is 0 Å². The summed E-state index contributed by atoms with van der Waals surface area (Å²) >= 11 is 0.